The summed E-state index contributed by atoms with van der Waals surface area (Å²) in [7, 11) is -0.903. The maximum Gasteiger partial charge on any atom is 0.0576 e. The zero-order chi connectivity index (χ0) is 15.2. The summed E-state index contributed by atoms with van der Waals surface area (Å²) in [5.74, 6) is 1.40. The molecule has 1 aromatic carbocycles. The smallest absolute Gasteiger partial charge is 0.0576 e. The first-order chi connectivity index (χ1) is 10.1. The second kappa shape index (κ2) is 8.09. The molecule has 0 aromatic heterocycles. The standard InChI is InChI=1S/C18H29NOS/c1-4-12-19-17-11-10-15(14(2)3)13-18(17)21(20)16-8-6-5-7-9-16/h5-9,14-15,17-19H,4,10-13H2,1-3H3. The summed E-state index contributed by atoms with van der Waals surface area (Å²) in [5, 5.41) is 3.89. The Morgan fingerprint density at radius 2 is 1.95 bits per heavy atom. The predicted molar refractivity (Wildman–Crippen MR) is 90.9 cm³/mol. The summed E-state index contributed by atoms with van der Waals surface area (Å²) in [6, 6.07) is 10.4. The van der Waals surface area contributed by atoms with Crippen LogP contribution in [0.5, 0.6) is 0 Å². The maximum absolute atomic E-state index is 13.0. The highest BCUT2D eigenvalue weighted by Crippen LogP contribution is 2.34. The van der Waals surface area contributed by atoms with Gasteiger partial charge in [-0.2, -0.15) is 0 Å². The second-order valence-electron chi connectivity index (χ2n) is 6.53. The van der Waals surface area contributed by atoms with Gasteiger partial charge in [-0.3, -0.25) is 4.21 Å². The summed E-state index contributed by atoms with van der Waals surface area (Å²) in [6.45, 7) is 7.81. The fourth-order valence-electron chi connectivity index (χ4n) is 3.29. The second-order valence-corrected chi connectivity index (χ2v) is 8.20. The van der Waals surface area contributed by atoms with Crippen molar-refractivity contribution in [3.8, 4) is 0 Å². The molecular weight excluding hydrogens is 278 g/mol. The van der Waals surface area contributed by atoms with Gasteiger partial charge in [-0.15, -0.1) is 0 Å². The van der Waals surface area contributed by atoms with Crippen molar-refractivity contribution in [2.75, 3.05) is 6.54 Å². The number of rotatable bonds is 6. The summed E-state index contributed by atoms with van der Waals surface area (Å²) in [5.41, 5.74) is 0. The van der Waals surface area contributed by atoms with Gasteiger partial charge in [0.25, 0.3) is 0 Å². The van der Waals surface area contributed by atoms with Gasteiger partial charge in [0.1, 0.15) is 0 Å². The van der Waals surface area contributed by atoms with E-state index in [0.29, 0.717) is 17.9 Å². The Kier molecular flexibility index (Phi) is 6.43. The molecule has 21 heavy (non-hydrogen) atoms. The molecule has 0 amide bonds. The van der Waals surface area contributed by atoms with E-state index in [9.17, 15) is 4.21 Å². The molecule has 0 heterocycles. The van der Waals surface area contributed by atoms with Gasteiger partial charge in [0.2, 0.25) is 0 Å². The molecule has 0 spiro atoms. The molecule has 0 saturated heterocycles. The van der Waals surface area contributed by atoms with Crippen LogP contribution in [-0.2, 0) is 10.8 Å². The van der Waals surface area contributed by atoms with E-state index >= 15 is 0 Å². The van der Waals surface area contributed by atoms with Crippen molar-refractivity contribution in [3.63, 3.8) is 0 Å². The van der Waals surface area contributed by atoms with E-state index in [-0.39, 0.29) is 5.25 Å². The van der Waals surface area contributed by atoms with Crippen LogP contribution in [0.4, 0.5) is 0 Å². The lowest BCUT2D eigenvalue weighted by molar-refractivity contribution is 0.243. The molecule has 4 unspecified atom stereocenters. The normalized spacial score (nSPS) is 27.7. The first kappa shape index (κ1) is 16.7. The third kappa shape index (κ3) is 4.40. The molecular formula is C18H29NOS. The minimum absolute atomic E-state index is 0.250. The zero-order valence-corrected chi connectivity index (χ0v) is 14.4. The van der Waals surface area contributed by atoms with E-state index in [0.717, 1.165) is 30.7 Å². The monoisotopic (exact) mass is 307 g/mol. The van der Waals surface area contributed by atoms with Crippen LogP contribution in [-0.4, -0.2) is 22.0 Å². The van der Waals surface area contributed by atoms with Crippen LogP contribution in [0.25, 0.3) is 0 Å². The Labute approximate surface area is 132 Å². The summed E-state index contributed by atoms with van der Waals surface area (Å²) >= 11 is 0. The third-order valence-electron chi connectivity index (χ3n) is 4.68. The van der Waals surface area contributed by atoms with Gasteiger partial charge < -0.3 is 5.32 Å². The van der Waals surface area contributed by atoms with Crippen LogP contribution in [0.1, 0.15) is 46.5 Å². The lowest BCUT2D eigenvalue weighted by Crippen LogP contribution is -2.47. The highest BCUT2D eigenvalue weighted by atomic mass is 32.2. The van der Waals surface area contributed by atoms with Crippen molar-refractivity contribution in [2.45, 2.75) is 62.6 Å². The van der Waals surface area contributed by atoms with Crippen molar-refractivity contribution in [2.24, 2.45) is 11.8 Å². The van der Waals surface area contributed by atoms with Crippen molar-refractivity contribution in [1.29, 1.82) is 0 Å². The molecule has 4 atom stereocenters. The molecule has 1 fully saturated rings. The van der Waals surface area contributed by atoms with Gasteiger partial charge in [-0.25, -0.2) is 0 Å². The first-order valence-corrected chi connectivity index (χ1v) is 9.53. The van der Waals surface area contributed by atoms with Crippen molar-refractivity contribution in [1.82, 2.24) is 5.32 Å². The topological polar surface area (TPSA) is 29.1 Å². The molecule has 1 aliphatic rings. The van der Waals surface area contributed by atoms with E-state index in [1.54, 1.807) is 0 Å². The van der Waals surface area contributed by atoms with Crippen LogP contribution in [0.2, 0.25) is 0 Å². The molecule has 1 aromatic rings. The van der Waals surface area contributed by atoms with Gasteiger partial charge in [-0.1, -0.05) is 39.0 Å². The van der Waals surface area contributed by atoms with E-state index in [2.05, 4.69) is 26.1 Å². The van der Waals surface area contributed by atoms with Crippen molar-refractivity contribution >= 4 is 10.8 Å². The largest absolute Gasteiger partial charge is 0.313 e. The summed E-state index contributed by atoms with van der Waals surface area (Å²) < 4.78 is 13.0. The molecule has 118 valence electrons. The molecule has 1 saturated carbocycles. The number of benzene rings is 1. The fourth-order valence-corrected chi connectivity index (χ4v) is 5.02. The number of hydrogen-bond donors (Lipinski definition) is 1. The minimum Gasteiger partial charge on any atom is -0.313 e. The molecule has 0 aliphatic heterocycles. The molecule has 2 rings (SSSR count). The lowest BCUT2D eigenvalue weighted by atomic mass is 9.79. The third-order valence-corrected chi connectivity index (χ3v) is 6.49. The molecule has 1 N–H and O–H groups in total. The quantitative estimate of drug-likeness (QED) is 0.861. The summed E-state index contributed by atoms with van der Waals surface area (Å²) in [4.78, 5) is 0.982. The maximum atomic E-state index is 13.0. The highest BCUT2D eigenvalue weighted by molar-refractivity contribution is 7.85. The zero-order valence-electron chi connectivity index (χ0n) is 13.5. The van der Waals surface area contributed by atoms with Crippen molar-refractivity contribution in [3.05, 3.63) is 30.3 Å². The van der Waals surface area contributed by atoms with Gasteiger partial charge in [0, 0.05) is 10.9 Å². The lowest BCUT2D eigenvalue weighted by Gasteiger charge is -2.37. The molecule has 2 nitrogen and oxygen atoms in total. The molecule has 1 aliphatic carbocycles. The SMILES string of the molecule is CCCNC1CCC(C(C)C)CC1S(=O)c1ccccc1. The predicted octanol–water partition coefficient (Wildman–Crippen LogP) is 3.99. The van der Waals surface area contributed by atoms with E-state index in [1.165, 1.54) is 6.42 Å². The summed E-state index contributed by atoms with van der Waals surface area (Å²) in [6.07, 6.45) is 4.64. The number of nitrogens with one attached hydrogen (secondary N) is 1. The minimum atomic E-state index is -0.903. The van der Waals surface area contributed by atoms with Gasteiger partial charge >= 0.3 is 0 Å². The van der Waals surface area contributed by atoms with Crippen LogP contribution in [0, 0.1) is 11.8 Å². The van der Waals surface area contributed by atoms with Crippen LogP contribution in [0.15, 0.2) is 35.2 Å². The van der Waals surface area contributed by atoms with Crippen molar-refractivity contribution < 1.29 is 4.21 Å². The van der Waals surface area contributed by atoms with Gasteiger partial charge in [0.15, 0.2) is 0 Å². The van der Waals surface area contributed by atoms with Crippen LogP contribution < -0.4 is 5.32 Å². The Bertz CT molecular complexity index is 446. The average Bonchev–Trinajstić information content (AvgIpc) is 2.52. The fraction of sp³-hybridized carbons (Fsp3) is 0.667. The van der Waals surface area contributed by atoms with E-state index < -0.39 is 10.8 Å². The Morgan fingerprint density at radius 1 is 1.24 bits per heavy atom. The highest BCUT2D eigenvalue weighted by Gasteiger charge is 2.35. The van der Waals surface area contributed by atoms with E-state index in [4.69, 9.17) is 0 Å². The van der Waals surface area contributed by atoms with Crippen LogP contribution >= 0.6 is 0 Å². The Morgan fingerprint density at radius 3 is 2.57 bits per heavy atom. The molecule has 0 bridgehead atoms. The Balaban J connectivity index is 2.14. The average molecular weight is 308 g/mol. The van der Waals surface area contributed by atoms with Gasteiger partial charge in [-0.05, 0) is 56.2 Å². The first-order valence-electron chi connectivity index (χ1n) is 8.32. The molecule has 0 radical (unpaired) electrons. The number of hydrogen-bond acceptors (Lipinski definition) is 2. The van der Waals surface area contributed by atoms with Gasteiger partial charge in [0.05, 0.1) is 16.0 Å². The van der Waals surface area contributed by atoms with E-state index in [1.807, 2.05) is 30.3 Å². The molecule has 3 heteroatoms. The van der Waals surface area contributed by atoms with Crippen LogP contribution in [0.3, 0.4) is 0 Å². The Hall–Kier alpha value is -0.670.